The van der Waals surface area contributed by atoms with Crippen LogP contribution in [0, 0.1) is 0 Å². The maximum atomic E-state index is 12.7. The van der Waals surface area contributed by atoms with Crippen LogP contribution in [0.4, 0.5) is 0 Å². The SMILES string of the molecule is CCCCCCCCCCCC(=O)O[C@H]1CCCC[C@@H]1c1ccccc1O[Si](C)(C)C(C)(C)C. The van der Waals surface area contributed by atoms with E-state index in [0.29, 0.717) is 6.42 Å². The number of para-hydroxylation sites is 1. The first kappa shape index (κ1) is 28.9. The van der Waals surface area contributed by atoms with E-state index in [0.717, 1.165) is 37.9 Å². The molecule has 0 bridgehead atoms. The quantitative estimate of drug-likeness (QED) is 0.148. The molecule has 0 amide bonds. The third kappa shape index (κ3) is 9.39. The number of carbonyl (C=O) groups is 1. The monoisotopic (exact) mass is 488 g/mol. The van der Waals surface area contributed by atoms with E-state index in [4.69, 9.17) is 9.16 Å². The standard InChI is InChI=1S/C30H52O3Si/c1-7-8-9-10-11-12-13-14-15-24-29(31)32-27-22-18-16-20-25(27)26-21-17-19-23-28(26)33-34(5,6)30(2,3)4/h17,19,21,23,25,27H,7-16,18,20,22,24H2,1-6H3/t25-,27+/m1/s1. The fourth-order valence-corrected chi connectivity index (χ4v) is 5.75. The van der Waals surface area contributed by atoms with E-state index in [9.17, 15) is 4.79 Å². The molecule has 1 aromatic carbocycles. The molecule has 0 heterocycles. The second kappa shape index (κ2) is 14.3. The summed E-state index contributed by atoms with van der Waals surface area (Å²) in [5.41, 5.74) is 1.23. The molecule has 34 heavy (non-hydrogen) atoms. The Morgan fingerprint density at radius 2 is 1.50 bits per heavy atom. The molecule has 1 aliphatic carbocycles. The lowest BCUT2D eigenvalue weighted by atomic mass is 9.81. The van der Waals surface area contributed by atoms with Gasteiger partial charge in [-0.2, -0.15) is 0 Å². The van der Waals surface area contributed by atoms with Crippen molar-refractivity contribution in [1.82, 2.24) is 0 Å². The summed E-state index contributed by atoms with van der Waals surface area (Å²) < 4.78 is 12.8. The van der Waals surface area contributed by atoms with Gasteiger partial charge in [0.1, 0.15) is 11.9 Å². The van der Waals surface area contributed by atoms with Crippen LogP contribution in [-0.2, 0) is 9.53 Å². The average molecular weight is 489 g/mol. The van der Waals surface area contributed by atoms with Crippen molar-refractivity contribution in [1.29, 1.82) is 0 Å². The van der Waals surface area contributed by atoms with Gasteiger partial charge in [0.2, 0.25) is 8.32 Å². The van der Waals surface area contributed by atoms with Crippen LogP contribution >= 0.6 is 0 Å². The molecule has 1 saturated carbocycles. The third-order valence-corrected chi connectivity index (χ3v) is 12.3. The van der Waals surface area contributed by atoms with Gasteiger partial charge in [-0.15, -0.1) is 0 Å². The number of benzene rings is 1. The summed E-state index contributed by atoms with van der Waals surface area (Å²) in [6.07, 6.45) is 16.2. The fourth-order valence-electron chi connectivity index (χ4n) is 4.71. The van der Waals surface area contributed by atoms with E-state index >= 15 is 0 Å². The van der Waals surface area contributed by atoms with Crippen LogP contribution in [-0.4, -0.2) is 20.4 Å². The van der Waals surface area contributed by atoms with Gasteiger partial charge in [0.25, 0.3) is 0 Å². The summed E-state index contributed by atoms with van der Waals surface area (Å²) >= 11 is 0. The number of hydrogen-bond acceptors (Lipinski definition) is 3. The van der Waals surface area contributed by atoms with Crippen molar-refractivity contribution in [3.05, 3.63) is 29.8 Å². The molecule has 1 aromatic rings. The zero-order valence-corrected chi connectivity index (χ0v) is 24.1. The maximum absolute atomic E-state index is 12.7. The molecule has 0 aliphatic heterocycles. The van der Waals surface area contributed by atoms with Gasteiger partial charge >= 0.3 is 5.97 Å². The molecule has 4 heteroatoms. The molecule has 0 N–H and O–H groups in total. The van der Waals surface area contributed by atoms with Gasteiger partial charge in [0.15, 0.2) is 0 Å². The summed E-state index contributed by atoms with van der Waals surface area (Å²) in [4.78, 5) is 12.7. The number of carbonyl (C=O) groups excluding carboxylic acids is 1. The normalized spacial score (nSPS) is 19.1. The van der Waals surface area contributed by atoms with Crippen molar-refractivity contribution in [3.63, 3.8) is 0 Å². The highest BCUT2D eigenvalue weighted by Crippen LogP contribution is 2.43. The largest absolute Gasteiger partial charge is 0.543 e. The summed E-state index contributed by atoms with van der Waals surface area (Å²) in [7, 11) is -1.94. The first-order chi connectivity index (χ1) is 16.2. The molecule has 1 fully saturated rings. The Morgan fingerprint density at radius 3 is 2.15 bits per heavy atom. The van der Waals surface area contributed by atoms with E-state index in [2.05, 4.69) is 65.1 Å². The van der Waals surface area contributed by atoms with Crippen LogP contribution in [0.15, 0.2) is 24.3 Å². The zero-order chi connectivity index (χ0) is 25.0. The molecule has 0 unspecified atom stereocenters. The van der Waals surface area contributed by atoms with Crippen molar-refractivity contribution in [2.45, 2.75) is 148 Å². The molecule has 0 radical (unpaired) electrons. The smallest absolute Gasteiger partial charge is 0.306 e. The van der Waals surface area contributed by atoms with E-state index in [1.165, 1.54) is 56.9 Å². The maximum Gasteiger partial charge on any atom is 0.306 e. The Kier molecular flexibility index (Phi) is 12.2. The molecule has 0 saturated heterocycles. The minimum Gasteiger partial charge on any atom is -0.543 e. The van der Waals surface area contributed by atoms with Crippen LogP contribution in [0.1, 0.15) is 129 Å². The first-order valence-electron chi connectivity index (χ1n) is 14.1. The molecule has 2 atom stereocenters. The number of unbranched alkanes of at least 4 members (excludes halogenated alkanes) is 8. The molecule has 3 nitrogen and oxygen atoms in total. The van der Waals surface area contributed by atoms with Gasteiger partial charge in [0, 0.05) is 12.3 Å². The molecule has 0 spiro atoms. The zero-order valence-electron chi connectivity index (χ0n) is 23.1. The van der Waals surface area contributed by atoms with E-state index in [-0.39, 0.29) is 23.0 Å². The summed E-state index contributed by atoms with van der Waals surface area (Å²) in [6, 6.07) is 8.48. The predicted octanol–water partition coefficient (Wildman–Crippen LogP) is 9.56. The highest BCUT2D eigenvalue weighted by atomic mass is 28.4. The lowest BCUT2D eigenvalue weighted by molar-refractivity contribution is -0.151. The van der Waals surface area contributed by atoms with Gasteiger partial charge in [-0.1, -0.05) is 104 Å². The number of ether oxygens (including phenoxy) is 1. The molecule has 194 valence electrons. The van der Waals surface area contributed by atoms with E-state index in [1.54, 1.807) is 0 Å². The van der Waals surface area contributed by atoms with Crippen LogP contribution < -0.4 is 4.43 Å². The second-order valence-electron chi connectivity index (χ2n) is 11.9. The van der Waals surface area contributed by atoms with E-state index in [1.807, 2.05) is 0 Å². The lowest BCUT2D eigenvalue weighted by Crippen LogP contribution is -2.44. The molecule has 1 aliphatic rings. The van der Waals surface area contributed by atoms with Crippen LogP contribution in [0.5, 0.6) is 5.75 Å². The van der Waals surface area contributed by atoms with Gasteiger partial charge in [-0.05, 0) is 55.4 Å². The van der Waals surface area contributed by atoms with Crippen molar-refractivity contribution in [2.75, 3.05) is 0 Å². The molecule has 0 aromatic heterocycles. The number of esters is 1. The highest BCUT2D eigenvalue weighted by Gasteiger charge is 2.40. The Bertz CT molecular complexity index is 722. The second-order valence-corrected chi connectivity index (χ2v) is 16.6. The van der Waals surface area contributed by atoms with Crippen molar-refractivity contribution in [3.8, 4) is 5.75 Å². The Labute approximate surface area is 211 Å². The summed E-state index contributed by atoms with van der Waals surface area (Å²) in [5.74, 6) is 1.23. The van der Waals surface area contributed by atoms with Gasteiger partial charge < -0.3 is 9.16 Å². The highest BCUT2D eigenvalue weighted by molar-refractivity contribution is 6.74. The lowest BCUT2D eigenvalue weighted by Gasteiger charge is -2.38. The summed E-state index contributed by atoms with van der Waals surface area (Å²) in [5, 5.41) is 0.147. The Balaban J connectivity index is 1.88. The Hall–Kier alpha value is -1.29. The van der Waals surface area contributed by atoms with E-state index < -0.39 is 8.32 Å². The van der Waals surface area contributed by atoms with Gasteiger partial charge in [-0.3, -0.25) is 4.79 Å². The molecular weight excluding hydrogens is 436 g/mol. The summed E-state index contributed by atoms with van der Waals surface area (Å²) in [6.45, 7) is 13.7. The first-order valence-corrected chi connectivity index (χ1v) is 17.0. The minimum absolute atomic E-state index is 0.0114. The van der Waals surface area contributed by atoms with Crippen LogP contribution in [0.2, 0.25) is 18.1 Å². The fraction of sp³-hybridized carbons (Fsp3) is 0.767. The van der Waals surface area contributed by atoms with Crippen LogP contribution in [0.25, 0.3) is 0 Å². The van der Waals surface area contributed by atoms with Gasteiger partial charge in [0.05, 0.1) is 0 Å². The van der Waals surface area contributed by atoms with Crippen molar-refractivity contribution in [2.24, 2.45) is 0 Å². The topological polar surface area (TPSA) is 35.5 Å². The Morgan fingerprint density at radius 1 is 0.912 bits per heavy atom. The number of rotatable bonds is 14. The third-order valence-electron chi connectivity index (χ3n) is 7.96. The molecule has 2 rings (SSSR count). The number of hydrogen-bond donors (Lipinski definition) is 0. The van der Waals surface area contributed by atoms with Gasteiger partial charge in [-0.25, -0.2) is 0 Å². The van der Waals surface area contributed by atoms with Crippen molar-refractivity contribution < 1.29 is 14.0 Å². The average Bonchev–Trinajstić information content (AvgIpc) is 2.78. The molecular formula is C30H52O3Si. The van der Waals surface area contributed by atoms with Crippen molar-refractivity contribution >= 4 is 14.3 Å². The van der Waals surface area contributed by atoms with Crippen LogP contribution in [0.3, 0.4) is 0 Å². The minimum atomic E-state index is -1.94. The predicted molar refractivity (Wildman–Crippen MR) is 147 cm³/mol.